The number of aliphatic hydroxyl groups excluding tert-OH is 1. The Labute approximate surface area is 121 Å². The summed E-state index contributed by atoms with van der Waals surface area (Å²) < 4.78 is 0. The van der Waals surface area contributed by atoms with Crippen molar-refractivity contribution in [1.82, 2.24) is 9.97 Å². The highest BCUT2D eigenvalue weighted by atomic mass is 16.3. The highest BCUT2D eigenvalue weighted by Gasteiger charge is 2.24. The standard InChI is InChI=1S/C14H27N5O/c1-5-6-11-17-12(9-13(18-11)19-15)16-10(7-8-20)14(2,3)4/h9-10,20H,5-8,15H2,1-4H3,(H2,16,17,18,19). The van der Waals surface area contributed by atoms with Crippen molar-refractivity contribution < 1.29 is 5.11 Å². The van der Waals surface area contributed by atoms with E-state index in [2.05, 4.69) is 48.4 Å². The average Bonchev–Trinajstić information content (AvgIpc) is 2.37. The van der Waals surface area contributed by atoms with Gasteiger partial charge in [-0.05, 0) is 18.3 Å². The minimum Gasteiger partial charge on any atom is -0.396 e. The number of aliphatic hydroxyl groups is 1. The van der Waals surface area contributed by atoms with Gasteiger partial charge in [-0.2, -0.15) is 0 Å². The molecule has 1 rings (SSSR count). The van der Waals surface area contributed by atoms with E-state index in [9.17, 15) is 5.11 Å². The largest absolute Gasteiger partial charge is 0.396 e. The van der Waals surface area contributed by atoms with Crippen LogP contribution >= 0.6 is 0 Å². The first-order chi connectivity index (χ1) is 9.40. The van der Waals surface area contributed by atoms with Gasteiger partial charge in [-0.1, -0.05) is 27.7 Å². The van der Waals surface area contributed by atoms with Crippen molar-refractivity contribution in [2.45, 2.75) is 53.0 Å². The molecule has 5 N–H and O–H groups in total. The first-order valence-electron chi connectivity index (χ1n) is 7.12. The quantitative estimate of drug-likeness (QED) is 0.450. The molecule has 6 heteroatoms. The Kier molecular flexibility index (Phi) is 6.16. The van der Waals surface area contributed by atoms with Crippen molar-refractivity contribution in [3.05, 3.63) is 11.9 Å². The van der Waals surface area contributed by atoms with E-state index in [1.165, 1.54) is 0 Å². The van der Waals surface area contributed by atoms with Crippen LogP contribution in [0.15, 0.2) is 6.07 Å². The van der Waals surface area contributed by atoms with Crippen LogP contribution in [-0.4, -0.2) is 27.7 Å². The second-order valence-corrected chi connectivity index (χ2v) is 6.02. The summed E-state index contributed by atoms with van der Waals surface area (Å²) in [4.78, 5) is 8.83. The lowest BCUT2D eigenvalue weighted by molar-refractivity contribution is 0.235. The summed E-state index contributed by atoms with van der Waals surface area (Å²) in [5, 5.41) is 12.6. The van der Waals surface area contributed by atoms with Crippen LogP contribution in [0.2, 0.25) is 0 Å². The zero-order chi connectivity index (χ0) is 15.2. The van der Waals surface area contributed by atoms with Crippen LogP contribution in [0.1, 0.15) is 46.4 Å². The maximum absolute atomic E-state index is 9.21. The van der Waals surface area contributed by atoms with Gasteiger partial charge in [0.15, 0.2) is 0 Å². The maximum Gasteiger partial charge on any atom is 0.145 e. The van der Waals surface area contributed by atoms with Gasteiger partial charge in [-0.15, -0.1) is 0 Å². The summed E-state index contributed by atoms with van der Waals surface area (Å²) >= 11 is 0. The lowest BCUT2D eigenvalue weighted by Crippen LogP contribution is -2.35. The molecule has 0 saturated carbocycles. The van der Waals surface area contributed by atoms with Gasteiger partial charge in [0.05, 0.1) is 0 Å². The van der Waals surface area contributed by atoms with Gasteiger partial charge in [0.1, 0.15) is 17.5 Å². The molecule has 0 radical (unpaired) electrons. The number of nitrogen functional groups attached to an aromatic ring is 1. The predicted molar refractivity (Wildman–Crippen MR) is 82.4 cm³/mol. The fourth-order valence-electron chi connectivity index (χ4n) is 2.01. The summed E-state index contributed by atoms with van der Waals surface area (Å²) in [5.41, 5.74) is 2.59. The molecule has 0 aromatic carbocycles. The maximum atomic E-state index is 9.21. The molecule has 0 saturated heterocycles. The lowest BCUT2D eigenvalue weighted by atomic mass is 9.85. The Hall–Kier alpha value is -1.40. The van der Waals surface area contributed by atoms with Crippen molar-refractivity contribution in [2.75, 3.05) is 17.3 Å². The van der Waals surface area contributed by atoms with Gasteiger partial charge in [0.25, 0.3) is 0 Å². The molecule has 0 amide bonds. The number of hydrazine groups is 1. The SMILES string of the molecule is CCCc1nc(NN)cc(NC(CCO)C(C)(C)C)n1. The minimum absolute atomic E-state index is 0.0227. The lowest BCUT2D eigenvalue weighted by Gasteiger charge is -2.31. The van der Waals surface area contributed by atoms with Crippen molar-refractivity contribution in [1.29, 1.82) is 0 Å². The molecule has 6 nitrogen and oxygen atoms in total. The zero-order valence-electron chi connectivity index (χ0n) is 12.9. The van der Waals surface area contributed by atoms with E-state index in [4.69, 9.17) is 5.84 Å². The van der Waals surface area contributed by atoms with Crippen LogP contribution in [0, 0.1) is 5.41 Å². The number of aromatic nitrogens is 2. The number of hydrogen-bond donors (Lipinski definition) is 4. The molecule has 114 valence electrons. The van der Waals surface area contributed by atoms with Crippen molar-refractivity contribution >= 4 is 11.6 Å². The molecule has 0 aliphatic carbocycles. The molecule has 20 heavy (non-hydrogen) atoms. The van der Waals surface area contributed by atoms with Crippen molar-refractivity contribution in [2.24, 2.45) is 11.3 Å². The Morgan fingerprint density at radius 3 is 2.45 bits per heavy atom. The average molecular weight is 281 g/mol. The number of aryl methyl sites for hydroxylation is 1. The third kappa shape index (κ3) is 4.94. The summed E-state index contributed by atoms with van der Waals surface area (Å²) in [7, 11) is 0. The molecule has 1 aromatic rings. The Morgan fingerprint density at radius 2 is 1.95 bits per heavy atom. The molecule has 0 spiro atoms. The molecule has 0 aliphatic rings. The monoisotopic (exact) mass is 281 g/mol. The van der Waals surface area contributed by atoms with E-state index < -0.39 is 0 Å². The summed E-state index contributed by atoms with van der Waals surface area (Å²) in [6, 6.07) is 1.91. The van der Waals surface area contributed by atoms with Crippen LogP contribution in [0.4, 0.5) is 11.6 Å². The summed E-state index contributed by atoms with van der Waals surface area (Å²) in [6.07, 6.45) is 2.46. The van der Waals surface area contributed by atoms with E-state index in [-0.39, 0.29) is 18.1 Å². The number of rotatable bonds is 7. The van der Waals surface area contributed by atoms with E-state index in [0.717, 1.165) is 24.5 Å². The Balaban J connectivity index is 2.96. The molecular formula is C14H27N5O. The molecule has 0 bridgehead atoms. The fraction of sp³-hybridized carbons (Fsp3) is 0.714. The van der Waals surface area contributed by atoms with E-state index in [1.54, 1.807) is 6.07 Å². The number of nitrogens with two attached hydrogens (primary N) is 1. The molecule has 1 unspecified atom stereocenters. The topological polar surface area (TPSA) is 96.1 Å². The van der Waals surface area contributed by atoms with E-state index >= 15 is 0 Å². The second-order valence-electron chi connectivity index (χ2n) is 6.02. The highest BCUT2D eigenvalue weighted by Crippen LogP contribution is 2.25. The van der Waals surface area contributed by atoms with Gasteiger partial charge < -0.3 is 15.8 Å². The first kappa shape index (κ1) is 16.7. The van der Waals surface area contributed by atoms with Gasteiger partial charge in [-0.25, -0.2) is 15.8 Å². The van der Waals surface area contributed by atoms with Crippen LogP contribution in [-0.2, 0) is 6.42 Å². The second kappa shape index (κ2) is 7.40. The highest BCUT2D eigenvalue weighted by molar-refractivity contribution is 5.47. The Bertz CT molecular complexity index is 417. The third-order valence-electron chi connectivity index (χ3n) is 3.18. The smallest absolute Gasteiger partial charge is 0.145 e. The van der Waals surface area contributed by atoms with Crippen molar-refractivity contribution in [3.63, 3.8) is 0 Å². The normalized spacial score (nSPS) is 13.1. The number of nitrogens with one attached hydrogen (secondary N) is 2. The fourth-order valence-corrected chi connectivity index (χ4v) is 2.01. The molecule has 1 aromatic heterocycles. The van der Waals surface area contributed by atoms with Crippen LogP contribution < -0.4 is 16.6 Å². The van der Waals surface area contributed by atoms with Crippen LogP contribution in [0.25, 0.3) is 0 Å². The summed E-state index contributed by atoms with van der Waals surface area (Å²) in [5.74, 6) is 7.56. The van der Waals surface area contributed by atoms with Gasteiger partial charge >= 0.3 is 0 Å². The molecule has 0 fully saturated rings. The number of hydrogen-bond acceptors (Lipinski definition) is 6. The molecule has 0 aliphatic heterocycles. The molecule has 1 atom stereocenters. The third-order valence-corrected chi connectivity index (χ3v) is 3.18. The minimum atomic E-state index is 0.0227. The first-order valence-corrected chi connectivity index (χ1v) is 7.12. The van der Waals surface area contributed by atoms with E-state index in [1.807, 2.05) is 0 Å². The van der Waals surface area contributed by atoms with Gasteiger partial charge in [0, 0.05) is 25.1 Å². The van der Waals surface area contributed by atoms with Gasteiger partial charge in [0.2, 0.25) is 0 Å². The number of nitrogens with zero attached hydrogens (tertiary/aromatic N) is 2. The number of anilines is 2. The van der Waals surface area contributed by atoms with Crippen molar-refractivity contribution in [3.8, 4) is 0 Å². The van der Waals surface area contributed by atoms with Crippen LogP contribution in [0.3, 0.4) is 0 Å². The van der Waals surface area contributed by atoms with Gasteiger partial charge in [-0.3, -0.25) is 0 Å². The zero-order valence-corrected chi connectivity index (χ0v) is 12.9. The van der Waals surface area contributed by atoms with E-state index in [0.29, 0.717) is 12.2 Å². The van der Waals surface area contributed by atoms with Crippen LogP contribution in [0.5, 0.6) is 0 Å². The molecule has 1 heterocycles. The molecular weight excluding hydrogens is 254 g/mol. The Morgan fingerprint density at radius 1 is 1.30 bits per heavy atom. The summed E-state index contributed by atoms with van der Waals surface area (Å²) in [6.45, 7) is 8.64. The predicted octanol–water partition coefficient (Wildman–Crippen LogP) is 1.92.